The summed E-state index contributed by atoms with van der Waals surface area (Å²) in [5.74, 6) is 0.610. The first-order chi connectivity index (χ1) is 13.7. The zero-order valence-corrected chi connectivity index (χ0v) is 17.9. The van der Waals surface area contributed by atoms with E-state index in [1.165, 1.54) is 28.7 Å². The Morgan fingerprint density at radius 3 is 2.71 bits per heavy atom. The standard InChI is InChI=1S/C18H17N7S3/c1-25(2)17-23-24-18(28-17)27-16-13-10-5-3-4-6-12(10)26-15(13)21-14(22-16)11-9-19-7-8-20-11/h7-9H,3-6H2,1-2H3. The zero-order chi connectivity index (χ0) is 19.1. The molecule has 5 rings (SSSR count). The first kappa shape index (κ1) is 17.9. The maximum atomic E-state index is 4.88. The zero-order valence-electron chi connectivity index (χ0n) is 15.4. The molecule has 10 heteroatoms. The lowest BCUT2D eigenvalue weighted by molar-refractivity contribution is 0.699. The van der Waals surface area contributed by atoms with Crippen LogP contribution in [0.15, 0.2) is 28.0 Å². The number of fused-ring (bicyclic) bond motifs is 3. The highest BCUT2D eigenvalue weighted by atomic mass is 32.2. The van der Waals surface area contributed by atoms with Crippen molar-refractivity contribution >= 4 is 49.8 Å². The lowest BCUT2D eigenvalue weighted by Gasteiger charge is -2.11. The molecule has 1 aliphatic carbocycles. The van der Waals surface area contributed by atoms with Crippen LogP contribution >= 0.6 is 34.4 Å². The Morgan fingerprint density at radius 1 is 1.04 bits per heavy atom. The Kier molecular flexibility index (Phi) is 4.69. The van der Waals surface area contributed by atoms with Gasteiger partial charge in [0.05, 0.1) is 6.20 Å². The van der Waals surface area contributed by atoms with Gasteiger partial charge in [0.15, 0.2) is 10.2 Å². The van der Waals surface area contributed by atoms with E-state index in [0.29, 0.717) is 11.5 Å². The summed E-state index contributed by atoms with van der Waals surface area (Å²) in [6.45, 7) is 0. The van der Waals surface area contributed by atoms with Gasteiger partial charge in [0, 0.05) is 36.8 Å². The van der Waals surface area contributed by atoms with Crippen LogP contribution in [0.25, 0.3) is 21.7 Å². The first-order valence-electron chi connectivity index (χ1n) is 8.96. The predicted octanol–water partition coefficient (Wildman–Crippen LogP) is 4.10. The van der Waals surface area contributed by atoms with Crippen LogP contribution in [0.1, 0.15) is 23.3 Å². The SMILES string of the molecule is CN(C)c1nnc(Sc2nc(-c3cnccn3)nc3sc4c(c23)CCCC4)s1. The average Bonchev–Trinajstić information content (AvgIpc) is 3.33. The molecule has 1 aliphatic rings. The predicted molar refractivity (Wildman–Crippen MR) is 113 cm³/mol. The Labute approximate surface area is 174 Å². The van der Waals surface area contributed by atoms with Crippen LogP contribution in [-0.2, 0) is 12.8 Å². The summed E-state index contributed by atoms with van der Waals surface area (Å²) < 4.78 is 0.879. The second-order valence-electron chi connectivity index (χ2n) is 6.68. The number of anilines is 1. The summed E-state index contributed by atoms with van der Waals surface area (Å²) in [6.07, 6.45) is 9.72. The van der Waals surface area contributed by atoms with E-state index in [1.807, 2.05) is 19.0 Å². The summed E-state index contributed by atoms with van der Waals surface area (Å²) >= 11 is 4.92. The lowest BCUT2D eigenvalue weighted by atomic mass is 9.97. The molecule has 0 spiro atoms. The van der Waals surface area contributed by atoms with Crippen LogP contribution in [-0.4, -0.2) is 44.2 Å². The number of aryl methyl sites for hydroxylation is 2. The summed E-state index contributed by atoms with van der Waals surface area (Å²) in [7, 11) is 3.94. The van der Waals surface area contributed by atoms with Crippen LogP contribution in [0.4, 0.5) is 5.13 Å². The quantitative estimate of drug-likeness (QED) is 0.450. The van der Waals surface area contributed by atoms with E-state index >= 15 is 0 Å². The summed E-state index contributed by atoms with van der Waals surface area (Å²) in [5, 5.41) is 11.6. The minimum atomic E-state index is 0.610. The molecule has 7 nitrogen and oxygen atoms in total. The normalized spacial score (nSPS) is 13.6. The molecular weight excluding hydrogens is 410 g/mol. The number of rotatable bonds is 4. The lowest BCUT2D eigenvalue weighted by Crippen LogP contribution is -2.07. The fourth-order valence-corrected chi connectivity index (χ4v) is 6.39. The van der Waals surface area contributed by atoms with Gasteiger partial charge >= 0.3 is 0 Å². The van der Waals surface area contributed by atoms with Crippen molar-refractivity contribution in [3.63, 3.8) is 0 Å². The van der Waals surface area contributed by atoms with E-state index in [1.54, 1.807) is 53.0 Å². The van der Waals surface area contributed by atoms with Gasteiger partial charge < -0.3 is 4.90 Å². The van der Waals surface area contributed by atoms with Crippen molar-refractivity contribution in [2.24, 2.45) is 0 Å². The molecule has 0 saturated heterocycles. The molecule has 0 N–H and O–H groups in total. The molecule has 0 bridgehead atoms. The molecule has 0 saturated carbocycles. The monoisotopic (exact) mass is 427 g/mol. The van der Waals surface area contributed by atoms with Crippen molar-refractivity contribution in [2.75, 3.05) is 19.0 Å². The third kappa shape index (κ3) is 3.25. The Morgan fingerprint density at radius 2 is 1.93 bits per heavy atom. The molecule has 0 aliphatic heterocycles. The van der Waals surface area contributed by atoms with Gasteiger partial charge in [-0.15, -0.1) is 21.5 Å². The van der Waals surface area contributed by atoms with Crippen molar-refractivity contribution in [1.82, 2.24) is 30.1 Å². The van der Waals surface area contributed by atoms with E-state index in [2.05, 4.69) is 20.2 Å². The smallest absolute Gasteiger partial charge is 0.208 e. The van der Waals surface area contributed by atoms with Crippen LogP contribution in [0.2, 0.25) is 0 Å². The number of thiophene rings is 1. The van der Waals surface area contributed by atoms with Crippen LogP contribution in [0.3, 0.4) is 0 Å². The number of hydrogen-bond acceptors (Lipinski definition) is 10. The van der Waals surface area contributed by atoms with E-state index in [9.17, 15) is 0 Å². The molecule has 0 unspecified atom stereocenters. The first-order valence-corrected chi connectivity index (χ1v) is 11.4. The number of nitrogens with zero attached hydrogens (tertiary/aromatic N) is 7. The topological polar surface area (TPSA) is 80.6 Å². The van der Waals surface area contributed by atoms with Crippen LogP contribution in [0.5, 0.6) is 0 Å². The van der Waals surface area contributed by atoms with Crippen molar-refractivity contribution in [3.8, 4) is 11.5 Å². The fourth-order valence-electron chi connectivity index (χ4n) is 3.23. The molecule has 28 heavy (non-hydrogen) atoms. The molecule has 4 aromatic heterocycles. The molecule has 0 aromatic carbocycles. The van der Waals surface area contributed by atoms with Gasteiger partial charge in [-0.3, -0.25) is 4.98 Å². The second kappa shape index (κ2) is 7.34. The van der Waals surface area contributed by atoms with E-state index < -0.39 is 0 Å². The highest BCUT2D eigenvalue weighted by Gasteiger charge is 2.23. The van der Waals surface area contributed by atoms with Gasteiger partial charge in [0.2, 0.25) is 5.13 Å². The van der Waals surface area contributed by atoms with Crippen molar-refractivity contribution in [3.05, 3.63) is 29.0 Å². The maximum absolute atomic E-state index is 4.88. The van der Waals surface area contributed by atoms with Gasteiger partial charge in [0.1, 0.15) is 15.6 Å². The van der Waals surface area contributed by atoms with Crippen LogP contribution < -0.4 is 4.90 Å². The Hall–Kier alpha value is -2.17. The van der Waals surface area contributed by atoms with Crippen molar-refractivity contribution < 1.29 is 0 Å². The average molecular weight is 428 g/mol. The van der Waals surface area contributed by atoms with Gasteiger partial charge in [-0.05, 0) is 43.0 Å². The molecule has 4 heterocycles. The minimum absolute atomic E-state index is 0.610. The largest absolute Gasteiger partial charge is 0.353 e. The maximum Gasteiger partial charge on any atom is 0.208 e. The van der Waals surface area contributed by atoms with E-state index in [0.717, 1.165) is 32.2 Å². The van der Waals surface area contributed by atoms with Crippen molar-refractivity contribution in [2.45, 2.75) is 35.0 Å². The molecule has 0 fully saturated rings. The summed E-state index contributed by atoms with van der Waals surface area (Å²) in [4.78, 5) is 22.7. The Bertz CT molecular complexity index is 1140. The van der Waals surface area contributed by atoms with Crippen LogP contribution in [0, 0.1) is 0 Å². The highest BCUT2D eigenvalue weighted by molar-refractivity contribution is 8.01. The summed E-state index contributed by atoms with van der Waals surface area (Å²) in [6, 6.07) is 0. The molecule has 142 valence electrons. The van der Waals surface area contributed by atoms with Gasteiger partial charge in [-0.25, -0.2) is 15.0 Å². The summed E-state index contributed by atoms with van der Waals surface area (Å²) in [5.41, 5.74) is 2.10. The molecule has 0 atom stereocenters. The van der Waals surface area contributed by atoms with E-state index in [4.69, 9.17) is 9.97 Å². The molecule has 0 amide bonds. The van der Waals surface area contributed by atoms with Gasteiger partial charge in [-0.1, -0.05) is 11.3 Å². The highest BCUT2D eigenvalue weighted by Crippen LogP contribution is 2.43. The minimum Gasteiger partial charge on any atom is -0.353 e. The number of hydrogen-bond donors (Lipinski definition) is 0. The van der Waals surface area contributed by atoms with Gasteiger partial charge in [-0.2, -0.15) is 0 Å². The number of aromatic nitrogens is 6. The fraction of sp³-hybridized carbons (Fsp3) is 0.333. The third-order valence-electron chi connectivity index (χ3n) is 4.54. The molecule has 4 aromatic rings. The van der Waals surface area contributed by atoms with Crippen molar-refractivity contribution in [1.29, 1.82) is 0 Å². The van der Waals surface area contributed by atoms with E-state index in [-0.39, 0.29) is 0 Å². The third-order valence-corrected chi connectivity index (χ3v) is 7.85. The van der Waals surface area contributed by atoms with Gasteiger partial charge in [0.25, 0.3) is 0 Å². The molecule has 0 radical (unpaired) electrons. The molecular formula is C18H17N7S3. The second-order valence-corrected chi connectivity index (χ2v) is 9.96. The Balaban J connectivity index is 1.66.